The van der Waals surface area contributed by atoms with E-state index in [1.165, 1.54) is 39.5 Å². The van der Waals surface area contributed by atoms with Gasteiger partial charge in [-0.2, -0.15) is 0 Å². The standard InChI is InChI=1S/C21H12ClF3N4O2/c22-18-9-10-26-12-15(18)2-1-11-29-20(30)28-13-16(5-8-19(28)27-29)14-3-6-17(7-4-14)31-21(23,24)25/h3-10,12-13H,11H2. The molecule has 156 valence electrons. The van der Waals surface area contributed by atoms with E-state index in [0.29, 0.717) is 27.4 Å². The van der Waals surface area contributed by atoms with Gasteiger partial charge in [0.2, 0.25) is 0 Å². The summed E-state index contributed by atoms with van der Waals surface area (Å²) in [5.74, 6) is 5.36. The van der Waals surface area contributed by atoms with Gasteiger partial charge in [0.25, 0.3) is 0 Å². The van der Waals surface area contributed by atoms with Crippen LogP contribution in [0.25, 0.3) is 16.8 Å². The molecule has 4 rings (SSSR count). The van der Waals surface area contributed by atoms with E-state index < -0.39 is 12.1 Å². The van der Waals surface area contributed by atoms with E-state index in [1.54, 1.807) is 30.6 Å². The zero-order valence-electron chi connectivity index (χ0n) is 15.6. The lowest BCUT2D eigenvalue weighted by atomic mass is 10.1. The van der Waals surface area contributed by atoms with Crippen molar-refractivity contribution in [1.29, 1.82) is 0 Å². The molecule has 0 aliphatic carbocycles. The van der Waals surface area contributed by atoms with Gasteiger partial charge in [0, 0.05) is 18.6 Å². The van der Waals surface area contributed by atoms with Gasteiger partial charge in [-0.25, -0.2) is 13.9 Å². The van der Waals surface area contributed by atoms with Crippen LogP contribution >= 0.6 is 11.6 Å². The monoisotopic (exact) mass is 444 g/mol. The first kappa shape index (κ1) is 20.5. The molecule has 10 heteroatoms. The fourth-order valence-corrected chi connectivity index (χ4v) is 2.97. The van der Waals surface area contributed by atoms with Crippen molar-refractivity contribution in [3.05, 3.63) is 82.1 Å². The lowest BCUT2D eigenvalue weighted by Gasteiger charge is -2.09. The summed E-state index contributed by atoms with van der Waals surface area (Å²) < 4.78 is 43.3. The molecule has 0 bridgehead atoms. The summed E-state index contributed by atoms with van der Waals surface area (Å²) in [7, 11) is 0. The maximum absolute atomic E-state index is 12.6. The van der Waals surface area contributed by atoms with Gasteiger partial charge in [-0.1, -0.05) is 35.6 Å². The highest BCUT2D eigenvalue weighted by Gasteiger charge is 2.30. The summed E-state index contributed by atoms with van der Waals surface area (Å²) in [5.41, 5.74) is 1.79. The zero-order chi connectivity index (χ0) is 22.0. The molecule has 3 heterocycles. The van der Waals surface area contributed by atoms with Gasteiger partial charge in [-0.3, -0.25) is 4.98 Å². The molecular weight excluding hydrogens is 433 g/mol. The molecule has 3 aromatic heterocycles. The molecule has 1 aromatic carbocycles. The van der Waals surface area contributed by atoms with Gasteiger partial charge in [-0.05, 0) is 41.5 Å². The lowest BCUT2D eigenvalue weighted by molar-refractivity contribution is -0.274. The fourth-order valence-electron chi connectivity index (χ4n) is 2.82. The third-order valence-corrected chi connectivity index (χ3v) is 4.55. The maximum atomic E-state index is 12.6. The van der Waals surface area contributed by atoms with E-state index >= 15 is 0 Å². The highest BCUT2D eigenvalue weighted by molar-refractivity contribution is 6.31. The minimum atomic E-state index is -4.76. The Bertz CT molecular complexity index is 1370. The number of halogens is 4. The average Bonchev–Trinajstić information content (AvgIpc) is 3.04. The Hall–Kier alpha value is -3.77. The van der Waals surface area contributed by atoms with Gasteiger partial charge < -0.3 is 4.74 Å². The van der Waals surface area contributed by atoms with Crippen LogP contribution in [0, 0.1) is 11.8 Å². The zero-order valence-corrected chi connectivity index (χ0v) is 16.4. The van der Waals surface area contributed by atoms with Crippen molar-refractivity contribution in [2.24, 2.45) is 0 Å². The predicted molar refractivity (Wildman–Crippen MR) is 108 cm³/mol. The number of nitrogens with zero attached hydrogens (tertiary/aromatic N) is 4. The molecular formula is C21H12ClF3N4O2. The molecule has 6 nitrogen and oxygen atoms in total. The first-order valence-electron chi connectivity index (χ1n) is 8.84. The number of fused-ring (bicyclic) bond motifs is 1. The molecule has 0 radical (unpaired) electrons. The normalized spacial score (nSPS) is 11.2. The second-order valence-electron chi connectivity index (χ2n) is 6.32. The highest BCUT2D eigenvalue weighted by Crippen LogP contribution is 2.26. The van der Waals surface area contributed by atoms with Gasteiger partial charge >= 0.3 is 12.1 Å². The number of benzene rings is 1. The number of alkyl halides is 3. The first-order chi connectivity index (χ1) is 14.8. The van der Waals surface area contributed by atoms with E-state index in [1.807, 2.05) is 0 Å². The summed E-state index contributed by atoms with van der Waals surface area (Å²) in [6.45, 7) is 0.0462. The highest BCUT2D eigenvalue weighted by atomic mass is 35.5. The van der Waals surface area contributed by atoms with Crippen LogP contribution < -0.4 is 10.4 Å². The van der Waals surface area contributed by atoms with Crippen molar-refractivity contribution < 1.29 is 17.9 Å². The van der Waals surface area contributed by atoms with Crippen LogP contribution in [0.15, 0.2) is 65.8 Å². The van der Waals surface area contributed by atoms with Crippen LogP contribution in [0.4, 0.5) is 13.2 Å². The molecule has 0 atom stereocenters. The Balaban J connectivity index is 1.59. The third-order valence-electron chi connectivity index (χ3n) is 4.22. The molecule has 0 aliphatic heterocycles. The number of hydrogen-bond acceptors (Lipinski definition) is 4. The molecule has 0 fully saturated rings. The van der Waals surface area contributed by atoms with Crippen LogP contribution in [0.5, 0.6) is 5.75 Å². The van der Waals surface area contributed by atoms with Crippen molar-refractivity contribution in [3.8, 4) is 28.7 Å². The molecule has 31 heavy (non-hydrogen) atoms. The number of aromatic nitrogens is 4. The van der Waals surface area contributed by atoms with Crippen LogP contribution in [0.2, 0.25) is 5.02 Å². The fraction of sp³-hybridized carbons (Fsp3) is 0.0952. The number of ether oxygens (including phenoxy) is 1. The molecule has 0 saturated heterocycles. The molecule has 0 N–H and O–H groups in total. The Labute approximate surface area is 178 Å². The number of rotatable bonds is 3. The summed E-state index contributed by atoms with van der Waals surface area (Å²) in [5, 5.41) is 4.69. The smallest absolute Gasteiger partial charge is 0.406 e. The minimum Gasteiger partial charge on any atom is -0.406 e. The van der Waals surface area contributed by atoms with E-state index in [9.17, 15) is 18.0 Å². The SMILES string of the molecule is O=c1n(CC#Cc2cnccc2Cl)nc2ccc(-c3ccc(OC(F)(F)F)cc3)cn12. The molecule has 0 unspecified atom stereocenters. The number of pyridine rings is 2. The van der Waals surface area contributed by atoms with E-state index in [4.69, 9.17) is 11.6 Å². The van der Waals surface area contributed by atoms with Crippen LogP contribution in [-0.4, -0.2) is 25.5 Å². The summed E-state index contributed by atoms with van der Waals surface area (Å²) in [6.07, 6.45) is -0.118. The predicted octanol–water partition coefficient (Wildman–Crippen LogP) is 4.16. The van der Waals surface area contributed by atoms with Gasteiger partial charge in [0.05, 0.1) is 10.6 Å². The summed E-state index contributed by atoms with van der Waals surface area (Å²) in [4.78, 5) is 16.6. The summed E-state index contributed by atoms with van der Waals surface area (Å²) in [6, 6.07) is 10.3. The Morgan fingerprint density at radius 1 is 1.06 bits per heavy atom. The van der Waals surface area contributed by atoms with E-state index in [-0.39, 0.29) is 12.3 Å². The third kappa shape index (κ3) is 4.70. The lowest BCUT2D eigenvalue weighted by Crippen LogP contribution is -2.20. The molecule has 0 spiro atoms. The van der Waals surface area contributed by atoms with Gasteiger partial charge in [0.1, 0.15) is 12.3 Å². The quantitative estimate of drug-likeness (QED) is 0.445. The largest absolute Gasteiger partial charge is 0.573 e. The van der Waals surface area contributed by atoms with E-state index in [2.05, 4.69) is 26.7 Å². The first-order valence-corrected chi connectivity index (χ1v) is 9.22. The second-order valence-corrected chi connectivity index (χ2v) is 6.72. The van der Waals surface area contributed by atoms with Crippen molar-refractivity contribution in [1.82, 2.24) is 19.2 Å². The van der Waals surface area contributed by atoms with Crippen LogP contribution in [-0.2, 0) is 6.54 Å². The minimum absolute atomic E-state index is 0.0462. The van der Waals surface area contributed by atoms with Crippen molar-refractivity contribution in [3.63, 3.8) is 0 Å². The van der Waals surface area contributed by atoms with Crippen molar-refractivity contribution >= 4 is 17.2 Å². The van der Waals surface area contributed by atoms with Gasteiger partial charge in [0.15, 0.2) is 5.65 Å². The second kappa shape index (κ2) is 8.16. The topological polar surface area (TPSA) is 61.4 Å². The Kier molecular flexibility index (Phi) is 5.40. The summed E-state index contributed by atoms with van der Waals surface area (Å²) >= 11 is 6.02. The van der Waals surface area contributed by atoms with Crippen molar-refractivity contribution in [2.45, 2.75) is 12.9 Å². The van der Waals surface area contributed by atoms with Crippen LogP contribution in [0.1, 0.15) is 5.56 Å². The van der Waals surface area contributed by atoms with Crippen LogP contribution in [0.3, 0.4) is 0 Å². The maximum Gasteiger partial charge on any atom is 0.573 e. The molecule has 4 aromatic rings. The Morgan fingerprint density at radius 2 is 1.81 bits per heavy atom. The van der Waals surface area contributed by atoms with Crippen molar-refractivity contribution in [2.75, 3.05) is 0 Å². The van der Waals surface area contributed by atoms with E-state index in [0.717, 1.165) is 0 Å². The van der Waals surface area contributed by atoms with Gasteiger partial charge in [-0.15, -0.1) is 18.3 Å². The average molecular weight is 445 g/mol. The number of hydrogen-bond donors (Lipinski definition) is 0. The molecule has 0 aliphatic rings. The Morgan fingerprint density at radius 3 is 2.52 bits per heavy atom. The molecule has 0 amide bonds. The molecule has 0 saturated carbocycles.